The van der Waals surface area contributed by atoms with Crippen molar-refractivity contribution >= 4 is 39.3 Å². The molecule has 0 aromatic heterocycles. The van der Waals surface area contributed by atoms with Crippen molar-refractivity contribution in [1.82, 2.24) is 4.90 Å². The molecule has 0 saturated carbocycles. The Balaban J connectivity index is 2.20. The molecule has 1 aromatic carbocycles. The number of imide groups is 1. The minimum Gasteiger partial charge on any atom is -0.274 e. The van der Waals surface area contributed by atoms with E-state index in [1.165, 1.54) is 4.90 Å². The van der Waals surface area contributed by atoms with Crippen LogP contribution in [-0.2, 0) is 0 Å². The topological polar surface area (TPSA) is 37.4 Å². The van der Waals surface area contributed by atoms with Crippen molar-refractivity contribution in [2.75, 3.05) is 11.9 Å². The van der Waals surface area contributed by atoms with E-state index in [-0.39, 0.29) is 11.8 Å². The van der Waals surface area contributed by atoms with Gasteiger partial charge in [0, 0.05) is 16.9 Å². The Bertz CT molecular complexity index is 476. The Hall–Kier alpha value is -0.870. The number of carbonyl (C=O) groups excluding carboxylic acids is 2. The first-order valence-electron chi connectivity index (χ1n) is 5.37. The third-order valence-corrected chi connectivity index (χ3v) is 3.49. The van der Waals surface area contributed by atoms with E-state index in [4.69, 9.17) is 11.6 Å². The van der Waals surface area contributed by atoms with Gasteiger partial charge in [-0.15, -0.1) is 0 Å². The van der Waals surface area contributed by atoms with E-state index < -0.39 is 0 Å². The molecule has 1 aliphatic heterocycles. The zero-order valence-electron chi connectivity index (χ0n) is 9.08. The van der Waals surface area contributed by atoms with Gasteiger partial charge in [-0.05, 0) is 31.0 Å². The Morgan fingerprint density at radius 2 is 1.82 bits per heavy atom. The van der Waals surface area contributed by atoms with Crippen molar-refractivity contribution in [2.45, 2.75) is 12.8 Å². The molecule has 0 saturated heterocycles. The van der Waals surface area contributed by atoms with Gasteiger partial charge in [0.15, 0.2) is 0 Å². The number of rotatable bonds is 4. The number of hydrogen-bond donors (Lipinski definition) is 0. The molecule has 90 valence electrons. The van der Waals surface area contributed by atoms with Crippen molar-refractivity contribution < 1.29 is 9.59 Å². The molecule has 3 nitrogen and oxygen atoms in total. The molecule has 2 rings (SSSR count). The van der Waals surface area contributed by atoms with Crippen LogP contribution in [0.3, 0.4) is 0 Å². The first-order valence-corrected chi connectivity index (χ1v) is 6.87. The Labute approximate surface area is 113 Å². The summed E-state index contributed by atoms with van der Waals surface area (Å²) in [6, 6.07) is 4.80. The second kappa shape index (κ2) is 5.19. The fourth-order valence-electron chi connectivity index (χ4n) is 1.83. The Morgan fingerprint density at radius 3 is 2.53 bits per heavy atom. The summed E-state index contributed by atoms with van der Waals surface area (Å²) in [5.74, 6) is -0.446. The number of hydrogen-bond acceptors (Lipinski definition) is 2. The number of carbonyl (C=O) groups is 2. The fraction of sp³-hybridized carbons (Fsp3) is 0.333. The lowest BCUT2D eigenvalue weighted by Gasteiger charge is -2.12. The van der Waals surface area contributed by atoms with E-state index in [9.17, 15) is 9.59 Å². The van der Waals surface area contributed by atoms with Gasteiger partial charge in [-0.3, -0.25) is 14.5 Å². The average Bonchev–Trinajstić information content (AvgIpc) is 2.54. The van der Waals surface area contributed by atoms with E-state index in [2.05, 4.69) is 15.9 Å². The van der Waals surface area contributed by atoms with Gasteiger partial charge < -0.3 is 0 Å². The summed E-state index contributed by atoms with van der Waals surface area (Å²) in [6.07, 6.45) is 1.75. The molecule has 0 aliphatic carbocycles. The zero-order valence-corrected chi connectivity index (χ0v) is 11.4. The van der Waals surface area contributed by atoms with Crippen molar-refractivity contribution in [3.63, 3.8) is 0 Å². The number of fused-ring (bicyclic) bond motifs is 1. The molecule has 0 radical (unpaired) electrons. The highest BCUT2D eigenvalue weighted by Gasteiger charge is 2.34. The minimum absolute atomic E-state index is 0.212. The lowest BCUT2D eigenvalue weighted by molar-refractivity contribution is 0.0652. The number of alkyl halides is 1. The summed E-state index contributed by atoms with van der Waals surface area (Å²) in [5.41, 5.74) is 0.875. The molecule has 1 heterocycles. The molecule has 2 amide bonds. The average molecular weight is 317 g/mol. The van der Waals surface area contributed by atoms with Crippen molar-refractivity contribution in [3.8, 4) is 0 Å². The normalized spacial score (nSPS) is 14.4. The highest BCUT2D eigenvalue weighted by Crippen LogP contribution is 2.25. The van der Waals surface area contributed by atoms with Crippen LogP contribution in [0.25, 0.3) is 0 Å². The van der Waals surface area contributed by atoms with Gasteiger partial charge in [0.25, 0.3) is 11.8 Å². The molecule has 0 spiro atoms. The summed E-state index contributed by atoms with van der Waals surface area (Å²) in [6.45, 7) is 0.468. The first-order chi connectivity index (χ1) is 8.15. The third-order valence-electron chi connectivity index (χ3n) is 2.70. The van der Waals surface area contributed by atoms with Gasteiger partial charge in [0.2, 0.25) is 0 Å². The van der Waals surface area contributed by atoms with E-state index in [0.717, 1.165) is 18.2 Å². The summed E-state index contributed by atoms with van der Waals surface area (Å²) >= 11 is 9.14. The van der Waals surface area contributed by atoms with Crippen molar-refractivity contribution in [3.05, 3.63) is 34.3 Å². The standard InChI is InChI=1S/C12H11BrClNO2/c13-5-1-2-6-15-11(16)9-4-3-8(14)7-10(9)12(15)17/h3-4,7H,1-2,5-6H2. The molecule has 0 fully saturated rings. The second-order valence-corrected chi connectivity index (χ2v) is 5.08. The number of unbranched alkanes of at least 4 members (excludes halogenated alkanes) is 1. The summed E-state index contributed by atoms with van der Waals surface area (Å²) in [4.78, 5) is 25.2. The molecule has 5 heteroatoms. The van der Waals surface area contributed by atoms with E-state index in [1.54, 1.807) is 18.2 Å². The van der Waals surface area contributed by atoms with Gasteiger partial charge in [-0.2, -0.15) is 0 Å². The molecule has 0 atom stereocenters. The number of halogens is 2. The quantitative estimate of drug-likeness (QED) is 0.486. The predicted molar refractivity (Wildman–Crippen MR) is 69.8 cm³/mol. The molecule has 0 N–H and O–H groups in total. The lowest BCUT2D eigenvalue weighted by Crippen LogP contribution is -2.30. The SMILES string of the molecule is O=C1c2ccc(Cl)cc2C(=O)N1CCCCBr. The zero-order chi connectivity index (χ0) is 12.4. The van der Waals surface area contributed by atoms with Crippen LogP contribution < -0.4 is 0 Å². The fourth-order valence-corrected chi connectivity index (χ4v) is 2.40. The van der Waals surface area contributed by atoms with Crippen molar-refractivity contribution in [1.29, 1.82) is 0 Å². The summed E-state index contributed by atoms with van der Waals surface area (Å²) < 4.78 is 0. The second-order valence-electron chi connectivity index (χ2n) is 3.85. The molecular weight excluding hydrogens is 305 g/mol. The van der Waals surface area contributed by atoms with Crippen LogP contribution in [0.15, 0.2) is 18.2 Å². The van der Waals surface area contributed by atoms with Gasteiger partial charge in [-0.1, -0.05) is 27.5 Å². The van der Waals surface area contributed by atoms with E-state index in [1.807, 2.05) is 0 Å². The highest BCUT2D eigenvalue weighted by molar-refractivity contribution is 9.09. The largest absolute Gasteiger partial charge is 0.274 e. The van der Waals surface area contributed by atoms with Gasteiger partial charge in [-0.25, -0.2) is 0 Å². The van der Waals surface area contributed by atoms with Gasteiger partial charge in [0.1, 0.15) is 0 Å². The number of nitrogens with zero attached hydrogens (tertiary/aromatic N) is 1. The third kappa shape index (κ3) is 2.38. The maximum atomic E-state index is 12.0. The van der Waals surface area contributed by atoms with Crippen LogP contribution >= 0.6 is 27.5 Å². The number of benzene rings is 1. The molecular formula is C12H11BrClNO2. The molecule has 0 unspecified atom stereocenters. The molecule has 1 aromatic rings. The first kappa shape index (κ1) is 12.6. The maximum absolute atomic E-state index is 12.0. The highest BCUT2D eigenvalue weighted by atomic mass is 79.9. The van der Waals surface area contributed by atoms with E-state index >= 15 is 0 Å². The van der Waals surface area contributed by atoms with Crippen LogP contribution in [0, 0.1) is 0 Å². The lowest BCUT2D eigenvalue weighted by atomic mass is 10.1. The van der Waals surface area contributed by atoms with Crippen LogP contribution in [-0.4, -0.2) is 28.6 Å². The van der Waals surface area contributed by atoms with Crippen LogP contribution in [0.1, 0.15) is 33.6 Å². The Kier molecular flexibility index (Phi) is 3.84. The molecule has 1 aliphatic rings. The smallest absolute Gasteiger partial charge is 0.261 e. The number of amides is 2. The van der Waals surface area contributed by atoms with Gasteiger partial charge >= 0.3 is 0 Å². The van der Waals surface area contributed by atoms with Crippen LogP contribution in [0.5, 0.6) is 0 Å². The van der Waals surface area contributed by atoms with E-state index in [0.29, 0.717) is 22.7 Å². The predicted octanol–water partition coefficient (Wildman–Crippen LogP) is 3.11. The summed E-state index contributed by atoms with van der Waals surface area (Å²) in [7, 11) is 0. The molecule has 17 heavy (non-hydrogen) atoms. The van der Waals surface area contributed by atoms with Crippen LogP contribution in [0.4, 0.5) is 0 Å². The van der Waals surface area contributed by atoms with Gasteiger partial charge in [0.05, 0.1) is 11.1 Å². The minimum atomic E-state index is -0.234. The monoisotopic (exact) mass is 315 g/mol. The van der Waals surface area contributed by atoms with Crippen LogP contribution in [0.2, 0.25) is 5.02 Å². The molecule has 0 bridgehead atoms. The summed E-state index contributed by atoms with van der Waals surface area (Å²) in [5, 5.41) is 1.36. The maximum Gasteiger partial charge on any atom is 0.261 e. The van der Waals surface area contributed by atoms with Crippen molar-refractivity contribution in [2.24, 2.45) is 0 Å². The Morgan fingerprint density at radius 1 is 1.12 bits per heavy atom.